The molecule has 1 heterocycles. The molecule has 2 N–H and O–H groups in total. The number of hydrogen-bond acceptors (Lipinski definition) is 4. The van der Waals surface area contributed by atoms with E-state index in [4.69, 9.17) is 5.11 Å². The molecule has 0 unspecified atom stereocenters. The van der Waals surface area contributed by atoms with E-state index in [1.54, 1.807) is 6.08 Å². The SMILES string of the molecule is O=C(C=Cc1ccccc1)NCCn1cc(C(=O)O)nn1. The molecular weight excluding hydrogens is 272 g/mol. The van der Waals surface area contributed by atoms with E-state index in [-0.39, 0.29) is 11.6 Å². The van der Waals surface area contributed by atoms with E-state index in [1.165, 1.54) is 17.0 Å². The van der Waals surface area contributed by atoms with Crippen LogP contribution in [0.3, 0.4) is 0 Å². The van der Waals surface area contributed by atoms with Gasteiger partial charge in [0, 0.05) is 12.6 Å². The number of nitrogens with one attached hydrogen (secondary N) is 1. The van der Waals surface area contributed by atoms with Crippen LogP contribution in [0.4, 0.5) is 0 Å². The average molecular weight is 286 g/mol. The maximum absolute atomic E-state index is 11.6. The summed E-state index contributed by atoms with van der Waals surface area (Å²) in [6.45, 7) is 0.686. The van der Waals surface area contributed by atoms with Crippen molar-refractivity contribution < 1.29 is 14.7 Å². The number of amides is 1. The third kappa shape index (κ3) is 4.57. The Balaban J connectivity index is 1.76. The number of aromatic nitrogens is 3. The van der Waals surface area contributed by atoms with Crippen molar-refractivity contribution in [3.05, 3.63) is 53.9 Å². The number of nitrogens with zero attached hydrogens (tertiary/aromatic N) is 3. The molecule has 0 atom stereocenters. The minimum Gasteiger partial charge on any atom is -0.476 e. The molecule has 0 aliphatic carbocycles. The number of benzene rings is 1. The number of rotatable bonds is 6. The van der Waals surface area contributed by atoms with Crippen molar-refractivity contribution in [1.29, 1.82) is 0 Å². The Bertz CT molecular complexity index is 649. The topological polar surface area (TPSA) is 97.1 Å². The van der Waals surface area contributed by atoms with Crippen molar-refractivity contribution in [2.24, 2.45) is 0 Å². The lowest BCUT2D eigenvalue weighted by Gasteiger charge is -2.01. The van der Waals surface area contributed by atoms with Crippen LogP contribution in [0.15, 0.2) is 42.6 Å². The minimum absolute atomic E-state index is 0.120. The summed E-state index contributed by atoms with van der Waals surface area (Å²) < 4.78 is 1.37. The highest BCUT2D eigenvalue weighted by molar-refractivity contribution is 5.91. The quantitative estimate of drug-likeness (QED) is 0.766. The fourth-order valence-corrected chi connectivity index (χ4v) is 1.59. The number of aromatic carboxylic acids is 1. The molecule has 7 nitrogen and oxygen atoms in total. The van der Waals surface area contributed by atoms with Crippen LogP contribution in [0.1, 0.15) is 16.1 Å². The van der Waals surface area contributed by atoms with Crippen LogP contribution in [0, 0.1) is 0 Å². The van der Waals surface area contributed by atoms with Crippen LogP contribution < -0.4 is 5.32 Å². The third-order valence-electron chi connectivity index (χ3n) is 2.62. The number of carbonyl (C=O) groups excluding carboxylic acids is 1. The predicted octanol–water partition coefficient (Wildman–Crippen LogP) is 0.806. The Morgan fingerprint density at radius 2 is 2.05 bits per heavy atom. The molecule has 0 radical (unpaired) electrons. The van der Waals surface area contributed by atoms with Crippen LogP contribution in [0.25, 0.3) is 6.08 Å². The molecule has 0 aliphatic heterocycles. The molecule has 0 spiro atoms. The van der Waals surface area contributed by atoms with E-state index in [0.717, 1.165) is 5.56 Å². The number of carboxylic acids is 1. The molecule has 108 valence electrons. The van der Waals surface area contributed by atoms with Gasteiger partial charge in [-0.15, -0.1) is 5.10 Å². The zero-order chi connectivity index (χ0) is 15.1. The molecule has 0 aliphatic rings. The Labute approximate surface area is 120 Å². The smallest absolute Gasteiger partial charge is 0.358 e. The van der Waals surface area contributed by atoms with Crippen molar-refractivity contribution in [1.82, 2.24) is 20.3 Å². The number of carbonyl (C=O) groups is 2. The lowest BCUT2D eigenvalue weighted by molar-refractivity contribution is -0.116. The van der Waals surface area contributed by atoms with Crippen molar-refractivity contribution in [3.8, 4) is 0 Å². The first-order chi connectivity index (χ1) is 10.1. The second-order valence-electron chi connectivity index (χ2n) is 4.21. The molecule has 1 aromatic heterocycles. The molecule has 2 aromatic rings. The number of carboxylic acid groups (broad SMARTS) is 1. The first kappa shape index (κ1) is 14.4. The van der Waals surface area contributed by atoms with E-state index in [9.17, 15) is 9.59 Å². The fourth-order valence-electron chi connectivity index (χ4n) is 1.59. The lowest BCUT2D eigenvalue weighted by atomic mass is 10.2. The molecule has 1 amide bonds. The normalized spacial score (nSPS) is 10.7. The van der Waals surface area contributed by atoms with Crippen molar-refractivity contribution in [2.45, 2.75) is 6.54 Å². The van der Waals surface area contributed by atoms with Crippen LogP contribution in [0.2, 0.25) is 0 Å². The first-order valence-corrected chi connectivity index (χ1v) is 6.29. The Hall–Kier alpha value is -2.96. The molecule has 7 heteroatoms. The maximum Gasteiger partial charge on any atom is 0.358 e. The van der Waals surface area contributed by atoms with Crippen LogP contribution >= 0.6 is 0 Å². The van der Waals surface area contributed by atoms with E-state index >= 15 is 0 Å². The second kappa shape index (κ2) is 6.99. The van der Waals surface area contributed by atoms with Gasteiger partial charge in [-0.1, -0.05) is 35.5 Å². The summed E-state index contributed by atoms with van der Waals surface area (Å²) >= 11 is 0. The summed E-state index contributed by atoms with van der Waals surface area (Å²) in [5.41, 5.74) is 0.820. The van der Waals surface area contributed by atoms with Crippen LogP contribution in [0.5, 0.6) is 0 Å². The van der Waals surface area contributed by atoms with Gasteiger partial charge < -0.3 is 10.4 Å². The van der Waals surface area contributed by atoms with E-state index in [1.807, 2.05) is 30.3 Å². The van der Waals surface area contributed by atoms with Crippen molar-refractivity contribution in [2.75, 3.05) is 6.54 Å². The van der Waals surface area contributed by atoms with Crippen molar-refractivity contribution >= 4 is 18.0 Å². The van der Waals surface area contributed by atoms with Gasteiger partial charge in [-0.2, -0.15) is 0 Å². The fraction of sp³-hybridized carbons (Fsp3) is 0.143. The molecule has 0 saturated carbocycles. The van der Waals surface area contributed by atoms with Gasteiger partial charge in [0.1, 0.15) is 0 Å². The molecule has 0 bridgehead atoms. The standard InChI is InChI=1S/C14H14N4O3/c19-13(7-6-11-4-2-1-3-5-11)15-8-9-18-10-12(14(20)21)16-17-18/h1-7,10H,8-9H2,(H,15,19)(H,20,21). The van der Waals surface area contributed by atoms with Gasteiger partial charge in [0.15, 0.2) is 5.69 Å². The summed E-state index contributed by atoms with van der Waals surface area (Å²) in [6.07, 6.45) is 4.47. The molecule has 0 saturated heterocycles. The number of hydrogen-bond donors (Lipinski definition) is 2. The summed E-state index contributed by atoms with van der Waals surface area (Å²) in [5, 5.41) is 18.5. The summed E-state index contributed by atoms with van der Waals surface area (Å²) in [5.74, 6) is -1.35. The largest absolute Gasteiger partial charge is 0.476 e. The zero-order valence-electron chi connectivity index (χ0n) is 11.1. The minimum atomic E-state index is -1.13. The van der Waals surface area contributed by atoms with Gasteiger partial charge in [0.25, 0.3) is 0 Å². The first-order valence-electron chi connectivity index (χ1n) is 6.29. The molecular formula is C14H14N4O3. The second-order valence-corrected chi connectivity index (χ2v) is 4.21. The van der Waals surface area contributed by atoms with Gasteiger partial charge >= 0.3 is 5.97 Å². The Morgan fingerprint density at radius 1 is 1.29 bits per heavy atom. The summed E-state index contributed by atoms with van der Waals surface area (Å²) in [4.78, 5) is 22.2. The molecule has 0 fully saturated rings. The van der Waals surface area contributed by atoms with Crippen LogP contribution in [-0.2, 0) is 11.3 Å². The van der Waals surface area contributed by atoms with Crippen LogP contribution in [-0.4, -0.2) is 38.5 Å². The van der Waals surface area contributed by atoms with Gasteiger partial charge in [-0.3, -0.25) is 4.79 Å². The third-order valence-corrected chi connectivity index (χ3v) is 2.62. The monoisotopic (exact) mass is 286 g/mol. The average Bonchev–Trinajstić information content (AvgIpc) is 2.95. The Kier molecular flexibility index (Phi) is 4.81. The summed E-state index contributed by atoms with van der Waals surface area (Å²) in [6, 6.07) is 9.48. The van der Waals surface area contributed by atoms with Crippen molar-refractivity contribution in [3.63, 3.8) is 0 Å². The van der Waals surface area contributed by atoms with E-state index in [2.05, 4.69) is 15.6 Å². The molecule has 2 rings (SSSR count). The van der Waals surface area contributed by atoms with Gasteiger partial charge in [-0.25, -0.2) is 9.48 Å². The van der Waals surface area contributed by atoms with Gasteiger partial charge in [0.2, 0.25) is 5.91 Å². The van der Waals surface area contributed by atoms with E-state index < -0.39 is 5.97 Å². The Morgan fingerprint density at radius 3 is 2.71 bits per heavy atom. The predicted molar refractivity (Wildman–Crippen MR) is 75.5 cm³/mol. The van der Waals surface area contributed by atoms with Gasteiger partial charge in [-0.05, 0) is 11.6 Å². The maximum atomic E-state index is 11.6. The highest BCUT2D eigenvalue weighted by atomic mass is 16.4. The highest BCUT2D eigenvalue weighted by Crippen LogP contribution is 2.00. The summed E-state index contributed by atoms with van der Waals surface area (Å²) in [7, 11) is 0. The molecule has 1 aromatic carbocycles. The van der Waals surface area contributed by atoms with Gasteiger partial charge in [0.05, 0.1) is 12.7 Å². The lowest BCUT2D eigenvalue weighted by Crippen LogP contribution is -2.25. The zero-order valence-corrected chi connectivity index (χ0v) is 11.1. The highest BCUT2D eigenvalue weighted by Gasteiger charge is 2.07. The molecule has 21 heavy (non-hydrogen) atoms. The van der Waals surface area contributed by atoms with E-state index in [0.29, 0.717) is 13.1 Å².